The molecule has 258 valence electrons. The van der Waals surface area contributed by atoms with Gasteiger partial charge in [0, 0.05) is 36.0 Å². The molecule has 0 aromatic heterocycles. The summed E-state index contributed by atoms with van der Waals surface area (Å²) >= 11 is 0. The molecule has 9 heteroatoms. The summed E-state index contributed by atoms with van der Waals surface area (Å²) in [7, 11) is 0. The molecule has 1 aliphatic rings. The van der Waals surface area contributed by atoms with Gasteiger partial charge in [0.15, 0.2) is 0 Å². The van der Waals surface area contributed by atoms with Gasteiger partial charge in [0.05, 0.1) is 11.3 Å². The van der Waals surface area contributed by atoms with E-state index in [1.165, 1.54) is 0 Å². The Hall–Kier alpha value is -6.25. The van der Waals surface area contributed by atoms with Crippen LogP contribution in [-0.2, 0) is 31.2 Å². The van der Waals surface area contributed by atoms with Crippen LogP contribution >= 0.6 is 12.4 Å². The van der Waals surface area contributed by atoms with Gasteiger partial charge in [-0.25, -0.2) is 0 Å². The van der Waals surface area contributed by atoms with Crippen LogP contribution in [0.25, 0.3) is 0 Å². The van der Waals surface area contributed by atoms with Crippen LogP contribution in [0.3, 0.4) is 0 Å². The number of benzene rings is 6. The summed E-state index contributed by atoms with van der Waals surface area (Å²) in [4.78, 5) is 24.0. The molecule has 7 rings (SSSR count). The zero-order valence-corrected chi connectivity index (χ0v) is 28.5. The topological polar surface area (TPSA) is 109 Å². The molecule has 51 heavy (non-hydrogen) atoms. The van der Waals surface area contributed by atoms with E-state index in [0.29, 0.717) is 54.2 Å². The van der Waals surface area contributed by atoms with Crippen molar-refractivity contribution in [2.75, 3.05) is 11.1 Å². The number of hydrogen-bond acceptors (Lipinski definition) is 7. The van der Waals surface area contributed by atoms with Crippen molar-refractivity contribution < 1.29 is 28.5 Å². The monoisotopic (exact) mass is 700 g/mol. The van der Waals surface area contributed by atoms with E-state index in [1.54, 1.807) is 24.3 Å². The summed E-state index contributed by atoms with van der Waals surface area (Å²) in [5.41, 5.74) is 11.4. The number of amides is 1. The molecule has 0 unspecified atom stereocenters. The molecular formula is C42H37ClN2O6. The van der Waals surface area contributed by atoms with Gasteiger partial charge >= 0.3 is 0 Å². The van der Waals surface area contributed by atoms with Crippen LogP contribution in [-0.4, -0.2) is 11.7 Å². The summed E-state index contributed by atoms with van der Waals surface area (Å²) in [5, 5.41) is 2.58. The lowest BCUT2D eigenvalue weighted by Crippen LogP contribution is -2.13. The van der Waals surface area contributed by atoms with E-state index in [4.69, 9.17) is 24.7 Å². The molecule has 0 radical (unpaired) electrons. The van der Waals surface area contributed by atoms with Crippen LogP contribution < -0.4 is 30.0 Å². The molecule has 0 fully saturated rings. The van der Waals surface area contributed by atoms with Crippen LogP contribution in [0.2, 0.25) is 0 Å². The molecule has 6 aromatic rings. The highest BCUT2D eigenvalue weighted by molar-refractivity contribution is 6.52. The summed E-state index contributed by atoms with van der Waals surface area (Å²) in [6.07, 6.45) is 0. The average molecular weight is 701 g/mol. The number of carbonyl (C=O) groups is 2. The molecule has 1 amide bonds. The molecular weight excluding hydrogens is 664 g/mol. The van der Waals surface area contributed by atoms with Gasteiger partial charge in [-0.15, -0.1) is 12.4 Å². The number of nitrogen functional groups attached to an aromatic ring is 1. The van der Waals surface area contributed by atoms with E-state index >= 15 is 0 Å². The first-order chi connectivity index (χ1) is 24.5. The van der Waals surface area contributed by atoms with E-state index in [1.807, 2.05) is 127 Å². The molecule has 0 saturated carbocycles. The standard InChI is InChI=1S/C22H17NO4.C20H19NO2.ClH/c24-21-20-18(23-22(21)25)11-17(26-13-15-7-3-1-4-8-15)12-19(20)27-14-16-9-5-2-6-10-16;21-18-11-19(22-14-16-7-3-1-4-8-16)13-20(12-18)23-15-17-9-5-2-6-10-17;/h1-12H,13-14H2,(H,23,24,25);1-13H,14-15,21H2;1H. The van der Waals surface area contributed by atoms with E-state index in [9.17, 15) is 9.59 Å². The number of nitrogens with one attached hydrogen (secondary N) is 1. The van der Waals surface area contributed by atoms with Crippen LogP contribution in [0.4, 0.5) is 11.4 Å². The van der Waals surface area contributed by atoms with Gasteiger partial charge < -0.3 is 30.0 Å². The number of hydrogen-bond donors (Lipinski definition) is 2. The molecule has 6 aromatic carbocycles. The second-order valence-electron chi connectivity index (χ2n) is 11.5. The lowest BCUT2D eigenvalue weighted by molar-refractivity contribution is -0.112. The van der Waals surface area contributed by atoms with Crippen molar-refractivity contribution in [2.45, 2.75) is 26.4 Å². The maximum Gasteiger partial charge on any atom is 0.297 e. The first kappa shape index (κ1) is 36.0. The molecule has 1 aliphatic heterocycles. The number of nitrogens with two attached hydrogens (primary N) is 1. The first-order valence-corrected chi connectivity index (χ1v) is 16.1. The van der Waals surface area contributed by atoms with Crippen LogP contribution in [0.15, 0.2) is 152 Å². The summed E-state index contributed by atoms with van der Waals surface area (Å²) in [6, 6.07) is 48.2. The highest BCUT2D eigenvalue weighted by Gasteiger charge is 2.32. The SMILES string of the molecule is Cl.Nc1cc(OCc2ccccc2)cc(OCc2ccccc2)c1.O=C1Nc2cc(OCc3ccccc3)cc(OCc3ccccc3)c2C1=O. The Morgan fingerprint density at radius 2 is 0.843 bits per heavy atom. The Morgan fingerprint density at radius 1 is 0.471 bits per heavy atom. The van der Waals surface area contributed by atoms with Gasteiger partial charge in [-0.05, 0) is 22.3 Å². The van der Waals surface area contributed by atoms with E-state index in [-0.39, 0.29) is 24.6 Å². The van der Waals surface area contributed by atoms with Crippen LogP contribution in [0, 0.1) is 0 Å². The minimum Gasteiger partial charge on any atom is -0.489 e. The predicted molar refractivity (Wildman–Crippen MR) is 201 cm³/mol. The maximum atomic E-state index is 12.2. The number of ketones is 1. The number of anilines is 2. The number of fused-ring (bicyclic) bond motifs is 1. The molecule has 0 bridgehead atoms. The highest BCUT2D eigenvalue weighted by Crippen LogP contribution is 2.37. The molecule has 1 heterocycles. The molecule has 0 spiro atoms. The van der Waals surface area contributed by atoms with Crippen molar-refractivity contribution in [1.82, 2.24) is 0 Å². The summed E-state index contributed by atoms with van der Waals surface area (Å²) in [6.45, 7) is 1.67. The van der Waals surface area contributed by atoms with Crippen molar-refractivity contribution in [3.63, 3.8) is 0 Å². The smallest absolute Gasteiger partial charge is 0.297 e. The maximum absolute atomic E-state index is 12.2. The number of halogens is 1. The van der Waals surface area contributed by atoms with Gasteiger partial charge in [-0.2, -0.15) is 0 Å². The fraction of sp³-hybridized carbons (Fsp3) is 0.0952. The zero-order valence-electron chi connectivity index (χ0n) is 27.7. The van der Waals surface area contributed by atoms with Gasteiger partial charge in [0.1, 0.15) is 49.4 Å². The van der Waals surface area contributed by atoms with Gasteiger partial charge in [-0.3, -0.25) is 9.59 Å². The number of Topliss-reactive ketones (excluding diaryl/α,β-unsaturated/α-hetero) is 1. The Balaban J connectivity index is 0.000000196. The lowest BCUT2D eigenvalue weighted by Gasteiger charge is -2.13. The Kier molecular flexibility index (Phi) is 12.7. The average Bonchev–Trinajstić information content (AvgIpc) is 3.45. The van der Waals surface area contributed by atoms with Crippen molar-refractivity contribution in [3.05, 3.63) is 179 Å². The van der Waals surface area contributed by atoms with Crippen molar-refractivity contribution in [1.29, 1.82) is 0 Å². The summed E-state index contributed by atoms with van der Waals surface area (Å²) in [5.74, 6) is 1.02. The van der Waals surface area contributed by atoms with Gasteiger partial charge in [0.25, 0.3) is 11.7 Å². The molecule has 8 nitrogen and oxygen atoms in total. The van der Waals surface area contributed by atoms with E-state index < -0.39 is 11.7 Å². The highest BCUT2D eigenvalue weighted by atomic mass is 35.5. The van der Waals surface area contributed by atoms with E-state index in [2.05, 4.69) is 5.32 Å². The number of ether oxygens (including phenoxy) is 4. The molecule has 0 atom stereocenters. The second-order valence-corrected chi connectivity index (χ2v) is 11.5. The largest absolute Gasteiger partial charge is 0.489 e. The Bertz CT molecular complexity index is 1970. The minimum atomic E-state index is -0.658. The third-order valence-electron chi connectivity index (χ3n) is 7.64. The Morgan fingerprint density at radius 3 is 1.25 bits per heavy atom. The second kappa shape index (κ2) is 17.9. The lowest BCUT2D eigenvalue weighted by atomic mass is 10.1. The quantitative estimate of drug-likeness (QED) is 0.0970. The Labute approximate surface area is 303 Å². The predicted octanol–water partition coefficient (Wildman–Crippen LogP) is 8.83. The summed E-state index contributed by atoms with van der Waals surface area (Å²) < 4.78 is 23.3. The normalized spacial score (nSPS) is 11.2. The third kappa shape index (κ3) is 10.4. The molecule has 0 aliphatic carbocycles. The first-order valence-electron chi connectivity index (χ1n) is 16.1. The molecule has 3 N–H and O–H groups in total. The van der Waals surface area contributed by atoms with Crippen molar-refractivity contribution >= 4 is 35.5 Å². The van der Waals surface area contributed by atoms with E-state index in [0.717, 1.165) is 22.3 Å². The fourth-order valence-corrected chi connectivity index (χ4v) is 5.13. The van der Waals surface area contributed by atoms with Crippen LogP contribution in [0.1, 0.15) is 32.6 Å². The number of rotatable bonds is 12. The zero-order chi connectivity index (χ0) is 34.5. The minimum absolute atomic E-state index is 0. The number of carbonyl (C=O) groups excluding carboxylic acids is 2. The van der Waals surface area contributed by atoms with Crippen LogP contribution in [0.5, 0.6) is 23.0 Å². The fourth-order valence-electron chi connectivity index (χ4n) is 5.13. The van der Waals surface area contributed by atoms with Crippen molar-refractivity contribution in [2.24, 2.45) is 0 Å². The van der Waals surface area contributed by atoms with Gasteiger partial charge in [-0.1, -0.05) is 121 Å². The van der Waals surface area contributed by atoms with Crippen molar-refractivity contribution in [3.8, 4) is 23.0 Å². The van der Waals surface area contributed by atoms with Gasteiger partial charge in [0.2, 0.25) is 0 Å². The third-order valence-corrected chi connectivity index (χ3v) is 7.64. The molecule has 0 saturated heterocycles.